The summed E-state index contributed by atoms with van der Waals surface area (Å²) in [6.07, 6.45) is 22.4. The minimum Gasteiger partial charge on any atom is -0.352 e. The fourth-order valence-corrected chi connectivity index (χ4v) is 8.20. The van der Waals surface area contributed by atoms with Crippen LogP contribution in [0.2, 0.25) is 0 Å². The molecule has 2 fully saturated rings. The van der Waals surface area contributed by atoms with Crippen LogP contribution in [-0.4, -0.2) is 97.0 Å². The van der Waals surface area contributed by atoms with Crippen LogP contribution < -0.4 is 10.6 Å². The number of hydrogen-bond donors (Lipinski definition) is 3. The highest BCUT2D eigenvalue weighted by Crippen LogP contribution is 2.25. The molecule has 13 nitrogen and oxygen atoms in total. The first-order chi connectivity index (χ1) is 29.8. The highest BCUT2D eigenvalue weighted by Gasteiger charge is 2.25. The summed E-state index contributed by atoms with van der Waals surface area (Å²) in [5.74, 6) is 0.740. The van der Waals surface area contributed by atoms with E-state index in [1.54, 1.807) is 67.5 Å². The fourth-order valence-electron chi connectivity index (χ4n) is 8.20. The quantitative estimate of drug-likeness (QED) is 0.0971. The molecule has 61 heavy (non-hydrogen) atoms. The molecule has 0 bridgehead atoms. The SMILES string of the molecule is O=C(NCCCCC1CCN(C(=O)c2cccc(F)c2)CC1)c1ccc2nccn2c1.O=C(NCCCCC1CCN(C(=O)c2ccncc2)CC1)c1cc2cnccc2[nH]1. The Morgan fingerprint density at radius 3 is 1.97 bits per heavy atom. The average molecular weight is 828 g/mol. The molecule has 5 aromatic heterocycles. The van der Waals surface area contributed by atoms with Gasteiger partial charge in [-0.05, 0) is 105 Å². The topological polar surface area (TPSA) is 158 Å². The molecule has 0 spiro atoms. The molecule has 2 aliphatic rings. The van der Waals surface area contributed by atoms with Crippen LogP contribution in [0.4, 0.5) is 4.39 Å². The number of rotatable bonds is 14. The molecule has 0 atom stereocenters. The summed E-state index contributed by atoms with van der Waals surface area (Å²) in [7, 11) is 0. The van der Waals surface area contributed by atoms with Gasteiger partial charge in [0, 0.05) is 105 Å². The lowest BCUT2D eigenvalue weighted by atomic mass is 9.91. The molecule has 1 aromatic carbocycles. The predicted molar refractivity (Wildman–Crippen MR) is 232 cm³/mol. The number of nitrogens with zero attached hydrogens (tertiary/aromatic N) is 6. The lowest BCUT2D eigenvalue weighted by Gasteiger charge is -2.32. The monoisotopic (exact) mass is 827 g/mol. The number of carbonyl (C=O) groups excluding carboxylic acids is 4. The van der Waals surface area contributed by atoms with Gasteiger partial charge in [0.2, 0.25) is 0 Å². The Morgan fingerprint density at radius 1 is 0.672 bits per heavy atom. The summed E-state index contributed by atoms with van der Waals surface area (Å²) in [5.41, 5.74) is 4.07. The highest BCUT2D eigenvalue weighted by molar-refractivity contribution is 5.98. The molecule has 2 saturated heterocycles. The number of halogens is 1. The standard InChI is InChI=1S/C24H27FN4O2.C23H27N5O2/c25-21-6-3-5-19(16-21)24(31)28-13-9-18(10-14-28)4-1-2-11-27-23(30)20-7-8-22-26-12-15-29(22)17-20;29-22(21-15-19-16-25-12-6-20(19)27-21)26-9-2-1-3-17-7-13-28(14-8-17)23(30)18-4-10-24-11-5-18/h3,5-8,12,15-18H,1-2,4,9-11,13-14H2,(H,27,30);4-6,10-12,15-17,27H,1-3,7-9,13-14H2,(H,26,29). The Hall–Kier alpha value is -6.44. The van der Waals surface area contributed by atoms with Crippen molar-refractivity contribution in [3.63, 3.8) is 0 Å². The normalized spacial score (nSPS) is 14.7. The summed E-state index contributed by atoms with van der Waals surface area (Å²) in [6.45, 7) is 4.39. The zero-order chi connectivity index (χ0) is 42.4. The van der Waals surface area contributed by atoms with Gasteiger partial charge in [-0.25, -0.2) is 9.37 Å². The van der Waals surface area contributed by atoms with E-state index in [0.29, 0.717) is 60.4 Å². The van der Waals surface area contributed by atoms with Crippen molar-refractivity contribution < 1.29 is 23.6 Å². The van der Waals surface area contributed by atoms with Crippen LogP contribution in [0, 0.1) is 17.7 Å². The van der Waals surface area contributed by atoms with E-state index in [9.17, 15) is 23.6 Å². The zero-order valence-electron chi connectivity index (χ0n) is 34.5. The van der Waals surface area contributed by atoms with Crippen LogP contribution in [0.3, 0.4) is 0 Å². The smallest absolute Gasteiger partial charge is 0.267 e. The second-order valence-electron chi connectivity index (χ2n) is 16.0. The van der Waals surface area contributed by atoms with Crippen molar-refractivity contribution in [3.05, 3.63) is 132 Å². The number of aromatic amines is 1. The van der Waals surface area contributed by atoms with Crippen molar-refractivity contribution in [1.29, 1.82) is 0 Å². The Bertz CT molecular complexity index is 2350. The van der Waals surface area contributed by atoms with Crippen molar-refractivity contribution >= 4 is 40.2 Å². The summed E-state index contributed by atoms with van der Waals surface area (Å²) >= 11 is 0. The van der Waals surface area contributed by atoms with Gasteiger partial charge in [0.05, 0.1) is 5.56 Å². The number of nitrogens with one attached hydrogen (secondary N) is 3. The zero-order valence-corrected chi connectivity index (χ0v) is 34.5. The Labute approximate surface area is 355 Å². The van der Waals surface area contributed by atoms with Gasteiger partial charge in [-0.15, -0.1) is 0 Å². The number of carbonyl (C=O) groups is 4. The lowest BCUT2D eigenvalue weighted by Crippen LogP contribution is -2.38. The number of aromatic nitrogens is 5. The van der Waals surface area contributed by atoms with E-state index in [2.05, 4.69) is 30.6 Å². The van der Waals surface area contributed by atoms with E-state index in [-0.39, 0.29) is 29.4 Å². The van der Waals surface area contributed by atoms with Crippen LogP contribution in [0.15, 0.2) is 104 Å². The van der Waals surface area contributed by atoms with Crippen LogP contribution in [0.5, 0.6) is 0 Å². The number of likely N-dealkylation sites (tertiary alicyclic amines) is 2. The first-order valence-corrected chi connectivity index (χ1v) is 21.5. The van der Waals surface area contributed by atoms with E-state index >= 15 is 0 Å². The number of hydrogen-bond acceptors (Lipinski definition) is 7. The van der Waals surface area contributed by atoms with Gasteiger partial charge >= 0.3 is 0 Å². The van der Waals surface area contributed by atoms with Gasteiger partial charge in [-0.3, -0.25) is 29.1 Å². The van der Waals surface area contributed by atoms with Gasteiger partial charge in [-0.1, -0.05) is 31.7 Å². The Morgan fingerprint density at radius 2 is 1.31 bits per heavy atom. The summed E-state index contributed by atoms with van der Waals surface area (Å²) in [6, 6.07) is 16.8. The van der Waals surface area contributed by atoms with Crippen LogP contribution >= 0.6 is 0 Å². The third-order valence-electron chi connectivity index (χ3n) is 11.8. The molecular formula is C47H54FN9O4. The van der Waals surface area contributed by atoms with Crippen LogP contribution in [0.1, 0.15) is 106 Å². The van der Waals surface area contributed by atoms with Gasteiger partial charge < -0.3 is 29.8 Å². The first kappa shape index (κ1) is 42.7. The maximum Gasteiger partial charge on any atom is 0.267 e. The number of benzene rings is 1. The molecule has 7 heterocycles. The number of unbranched alkanes of at least 4 members (excludes halogenated alkanes) is 2. The Balaban J connectivity index is 0.000000184. The lowest BCUT2D eigenvalue weighted by molar-refractivity contribution is 0.0678. The van der Waals surface area contributed by atoms with Crippen molar-refractivity contribution in [2.45, 2.75) is 64.2 Å². The van der Waals surface area contributed by atoms with Crippen molar-refractivity contribution in [2.24, 2.45) is 11.8 Å². The first-order valence-electron chi connectivity index (χ1n) is 21.5. The third-order valence-corrected chi connectivity index (χ3v) is 11.8. The molecule has 8 rings (SSSR count). The molecule has 0 unspecified atom stereocenters. The van der Waals surface area contributed by atoms with Crippen LogP contribution in [-0.2, 0) is 0 Å². The maximum absolute atomic E-state index is 13.4. The molecule has 3 N–H and O–H groups in total. The molecule has 0 aliphatic carbocycles. The highest BCUT2D eigenvalue weighted by atomic mass is 19.1. The van der Waals surface area contributed by atoms with Crippen LogP contribution in [0.25, 0.3) is 16.6 Å². The van der Waals surface area contributed by atoms with E-state index in [1.807, 2.05) is 38.6 Å². The van der Waals surface area contributed by atoms with E-state index in [1.165, 1.54) is 12.1 Å². The number of imidazole rings is 1. The molecular weight excluding hydrogens is 774 g/mol. The molecule has 4 amide bonds. The number of H-pyrrole nitrogens is 1. The summed E-state index contributed by atoms with van der Waals surface area (Å²) in [4.78, 5) is 68.7. The fraction of sp³-hybridized carbons (Fsp3) is 0.383. The predicted octanol–water partition coefficient (Wildman–Crippen LogP) is 7.34. The van der Waals surface area contributed by atoms with Gasteiger partial charge in [0.1, 0.15) is 17.2 Å². The molecule has 2 aliphatic heterocycles. The molecule has 14 heteroatoms. The second kappa shape index (κ2) is 21.2. The molecule has 318 valence electrons. The average Bonchev–Trinajstić information content (AvgIpc) is 3.97. The van der Waals surface area contributed by atoms with Gasteiger partial charge in [0.15, 0.2) is 0 Å². The number of pyridine rings is 3. The largest absolute Gasteiger partial charge is 0.352 e. The summed E-state index contributed by atoms with van der Waals surface area (Å²) < 4.78 is 15.2. The van der Waals surface area contributed by atoms with Gasteiger partial charge in [-0.2, -0.15) is 0 Å². The minimum absolute atomic E-state index is 0.0697. The van der Waals surface area contributed by atoms with Crippen molar-refractivity contribution in [3.8, 4) is 0 Å². The van der Waals surface area contributed by atoms with Gasteiger partial charge in [0.25, 0.3) is 23.6 Å². The number of amides is 4. The maximum atomic E-state index is 13.4. The van der Waals surface area contributed by atoms with E-state index in [0.717, 1.165) is 93.8 Å². The second-order valence-corrected chi connectivity index (χ2v) is 16.0. The number of piperidine rings is 2. The molecule has 0 saturated carbocycles. The Kier molecular flexibility index (Phi) is 14.8. The number of fused-ring (bicyclic) bond motifs is 2. The summed E-state index contributed by atoms with van der Waals surface area (Å²) in [5, 5.41) is 6.91. The van der Waals surface area contributed by atoms with E-state index in [4.69, 9.17) is 0 Å². The molecule has 6 aromatic rings. The molecule has 0 radical (unpaired) electrons. The van der Waals surface area contributed by atoms with Crippen molar-refractivity contribution in [1.82, 2.24) is 44.8 Å². The minimum atomic E-state index is -0.380. The van der Waals surface area contributed by atoms with E-state index < -0.39 is 0 Å². The van der Waals surface area contributed by atoms with Crippen molar-refractivity contribution in [2.75, 3.05) is 39.3 Å². The third kappa shape index (κ3) is 11.9.